The minimum Gasteiger partial charge on any atom is -0.287 e. The summed E-state index contributed by atoms with van der Waals surface area (Å²) in [5.74, 6) is -0.139. The summed E-state index contributed by atoms with van der Waals surface area (Å²) >= 11 is 6.52. The molecule has 0 aromatic carbocycles. The molecule has 1 aromatic rings. The van der Waals surface area contributed by atoms with Gasteiger partial charge in [0.1, 0.15) is 5.69 Å². The van der Waals surface area contributed by atoms with E-state index in [0.29, 0.717) is 15.7 Å². The first kappa shape index (κ1) is 10.6. The molecule has 0 aliphatic rings. The molecule has 0 aliphatic heterocycles. The third-order valence-corrected chi connectivity index (χ3v) is 2.45. The standard InChI is InChI=1S/C9H7Br2NO/c1-5(2)9(13)8-7(11)3-6(10)4-12-8/h3-4H,1H2,2H3. The van der Waals surface area contributed by atoms with E-state index >= 15 is 0 Å². The zero-order chi connectivity index (χ0) is 10.0. The summed E-state index contributed by atoms with van der Waals surface area (Å²) in [6, 6.07) is 1.78. The molecule has 2 nitrogen and oxygen atoms in total. The summed E-state index contributed by atoms with van der Waals surface area (Å²) in [5, 5.41) is 0. The maximum Gasteiger partial charge on any atom is 0.207 e. The van der Waals surface area contributed by atoms with Crippen LogP contribution in [-0.2, 0) is 0 Å². The molecule has 0 amide bonds. The first-order valence-electron chi connectivity index (χ1n) is 3.53. The van der Waals surface area contributed by atoms with E-state index in [1.807, 2.05) is 0 Å². The van der Waals surface area contributed by atoms with Gasteiger partial charge in [0.2, 0.25) is 5.78 Å². The van der Waals surface area contributed by atoms with Crippen molar-refractivity contribution in [3.8, 4) is 0 Å². The molecule has 0 fully saturated rings. The molecule has 13 heavy (non-hydrogen) atoms. The lowest BCUT2D eigenvalue weighted by Crippen LogP contribution is -2.03. The Morgan fingerprint density at radius 3 is 2.62 bits per heavy atom. The number of carbonyl (C=O) groups excluding carboxylic acids is 1. The summed E-state index contributed by atoms with van der Waals surface area (Å²) < 4.78 is 1.51. The Hall–Kier alpha value is -0.480. The van der Waals surface area contributed by atoms with Gasteiger partial charge in [-0.2, -0.15) is 0 Å². The molecule has 0 saturated heterocycles. The van der Waals surface area contributed by atoms with Gasteiger partial charge >= 0.3 is 0 Å². The molecule has 0 saturated carbocycles. The topological polar surface area (TPSA) is 30.0 Å². The number of aromatic nitrogens is 1. The Morgan fingerprint density at radius 1 is 1.54 bits per heavy atom. The fourth-order valence-electron chi connectivity index (χ4n) is 0.784. The minimum atomic E-state index is -0.139. The average molecular weight is 305 g/mol. The van der Waals surface area contributed by atoms with Gasteiger partial charge in [0.15, 0.2) is 0 Å². The summed E-state index contributed by atoms with van der Waals surface area (Å²) in [4.78, 5) is 15.5. The Morgan fingerprint density at radius 2 is 2.15 bits per heavy atom. The molecule has 0 radical (unpaired) electrons. The Labute approximate surface area is 93.3 Å². The molecule has 0 aliphatic carbocycles. The number of allylic oxidation sites excluding steroid dienone is 1. The largest absolute Gasteiger partial charge is 0.287 e. The number of hydrogen-bond acceptors (Lipinski definition) is 2. The zero-order valence-corrected chi connectivity index (χ0v) is 10.1. The average Bonchev–Trinajstić information content (AvgIpc) is 2.03. The van der Waals surface area contributed by atoms with Gasteiger partial charge in [-0.1, -0.05) is 6.58 Å². The molecule has 1 rings (SSSR count). The highest BCUT2D eigenvalue weighted by molar-refractivity contribution is 9.11. The zero-order valence-electron chi connectivity index (χ0n) is 6.97. The van der Waals surface area contributed by atoms with Gasteiger partial charge in [-0.15, -0.1) is 0 Å². The van der Waals surface area contributed by atoms with E-state index in [0.717, 1.165) is 4.47 Å². The van der Waals surface area contributed by atoms with E-state index in [1.54, 1.807) is 19.2 Å². The number of halogens is 2. The molecule has 0 bridgehead atoms. The SMILES string of the molecule is C=C(C)C(=O)c1ncc(Br)cc1Br. The van der Waals surface area contributed by atoms with Crippen molar-refractivity contribution in [1.29, 1.82) is 0 Å². The summed E-state index contributed by atoms with van der Waals surface area (Å²) in [6.45, 7) is 5.24. The fraction of sp³-hybridized carbons (Fsp3) is 0.111. The van der Waals surface area contributed by atoms with Crippen molar-refractivity contribution < 1.29 is 4.79 Å². The number of ketones is 1. The number of carbonyl (C=O) groups is 1. The monoisotopic (exact) mass is 303 g/mol. The third-order valence-electron chi connectivity index (χ3n) is 1.41. The van der Waals surface area contributed by atoms with Crippen LogP contribution in [0.1, 0.15) is 17.4 Å². The number of hydrogen-bond donors (Lipinski definition) is 0. The minimum absolute atomic E-state index is 0.139. The smallest absolute Gasteiger partial charge is 0.207 e. The predicted molar refractivity (Wildman–Crippen MR) is 58.8 cm³/mol. The maximum atomic E-state index is 11.5. The van der Waals surface area contributed by atoms with Crippen LogP contribution in [0, 0.1) is 0 Å². The lowest BCUT2D eigenvalue weighted by atomic mass is 10.1. The summed E-state index contributed by atoms with van der Waals surface area (Å²) in [6.07, 6.45) is 1.58. The van der Waals surface area contributed by atoms with Crippen LogP contribution >= 0.6 is 31.9 Å². The predicted octanol–water partition coefficient (Wildman–Crippen LogP) is 3.37. The highest BCUT2D eigenvalue weighted by Crippen LogP contribution is 2.21. The van der Waals surface area contributed by atoms with E-state index in [1.165, 1.54) is 0 Å². The lowest BCUT2D eigenvalue weighted by molar-refractivity contribution is 0.102. The molecule has 1 heterocycles. The van der Waals surface area contributed by atoms with Gasteiger partial charge in [-0.3, -0.25) is 9.78 Å². The summed E-state index contributed by atoms with van der Waals surface area (Å²) in [7, 11) is 0. The van der Waals surface area contributed by atoms with Crippen LogP contribution in [-0.4, -0.2) is 10.8 Å². The van der Waals surface area contributed by atoms with Crippen LogP contribution in [0.2, 0.25) is 0 Å². The van der Waals surface area contributed by atoms with E-state index in [-0.39, 0.29) is 5.78 Å². The van der Waals surface area contributed by atoms with E-state index in [2.05, 4.69) is 43.4 Å². The van der Waals surface area contributed by atoms with Crippen molar-refractivity contribution in [2.75, 3.05) is 0 Å². The molecule has 0 unspecified atom stereocenters. The molecule has 0 N–H and O–H groups in total. The first-order valence-corrected chi connectivity index (χ1v) is 5.12. The first-order chi connectivity index (χ1) is 6.02. The second kappa shape index (κ2) is 4.15. The lowest BCUT2D eigenvalue weighted by Gasteiger charge is -2.01. The Bertz CT molecular complexity index is 374. The Kier molecular flexibility index (Phi) is 3.39. The van der Waals surface area contributed by atoms with Gasteiger partial charge in [0.25, 0.3) is 0 Å². The second-order valence-corrected chi connectivity index (χ2v) is 4.36. The third kappa shape index (κ3) is 2.48. The molecule has 0 atom stereocenters. The Balaban J connectivity index is 3.16. The number of nitrogens with zero attached hydrogens (tertiary/aromatic N) is 1. The quantitative estimate of drug-likeness (QED) is 0.619. The summed E-state index contributed by atoms with van der Waals surface area (Å²) in [5.41, 5.74) is 0.881. The molecular formula is C9H7Br2NO. The normalized spacial score (nSPS) is 9.77. The van der Waals surface area contributed by atoms with Crippen LogP contribution in [0.25, 0.3) is 0 Å². The highest BCUT2D eigenvalue weighted by Gasteiger charge is 2.12. The fourth-order valence-corrected chi connectivity index (χ4v) is 1.95. The molecule has 1 aromatic heterocycles. The molecule has 4 heteroatoms. The van der Waals surface area contributed by atoms with Crippen LogP contribution in [0.5, 0.6) is 0 Å². The molecular weight excluding hydrogens is 298 g/mol. The number of pyridine rings is 1. The van der Waals surface area contributed by atoms with Gasteiger partial charge in [0, 0.05) is 15.1 Å². The van der Waals surface area contributed by atoms with Crippen LogP contribution in [0.3, 0.4) is 0 Å². The maximum absolute atomic E-state index is 11.5. The number of Topliss-reactive ketones (excluding diaryl/α,β-unsaturated/α-hetero) is 1. The van der Waals surface area contributed by atoms with Crippen molar-refractivity contribution in [3.05, 3.63) is 39.1 Å². The van der Waals surface area contributed by atoms with E-state index in [4.69, 9.17) is 0 Å². The van der Waals surface area contributed by atoms with Gasteiger partial charge in [0.05, 0.1) is 0 Å². The van der Waals surface area contributed by atoms with E-state index in [9.17, 15) is 4.79 Å². The van der Waals surface area contributed by atoms with Crippen molar-refractivity contribution in [2.45, 2.75) is 6.92 Å². The van der Waals surface area contributed by atoms with Gasteiger partial charge < -0.3 is 0 Å². The van der Waals surface area contributed by atoms with Crippen molar-refractivity contribution >= 4 is 37.6 Å². The highest BCUT2D eigenvalue weighted by atomic mass is 79.9. The van der Waals surface area contributed by atoms with Gasteiger partial charge in [-0.05, 0) is 50.4 Å². The number of rotatable bonds is 2. The second-order valence-electron chi connectivity index (χ2n) is 2.59. The molecule has 68 valence electrons. The van der Waals surface area contributed by atoms with Crippen molar-refractivity contribution in [1.82, 2.24) is 4.98 Å². The van der Waals surface area contributed by atoms with Crippen molar-refractivity contribution in [2.24, 2.45) is 0 Å². The van der Waals surface area contributed by atoms with E-state index < -0.39 is 0 Å². The van der Waals surface area contributed by atoms with Crippen LogP contribution in [0.4, 0.5) is 0 Å². The van der Waals surface area contributed by atoms with Gasteiger partial charge in [-0.25, -0.2) is 0 Å². The van der Waals surface area contributed by atoms with Crippen LogP contribution < -0.4 is 0 Å². The molecule has 0 spiro atoms. The van der Waals surface area contributed by atoms with Crippen molar-refractivity contribution in [3.63, 3.8) is 0 Å². The van der Waals surface area contributed by atoms with Crippen LogP contribution in [0.15, 0.2) is 33.4 Å².